The highest BCUT2D eigenvalue weighted by Gasteiger charge is 2.23. The Morgan fingerprint density at radius 1 is 1.05 bits per heavy atom. The molecular weight excluding hydrogens is 262 g/mol. The number of aromatic nitrogens is 1. The molecule has 1 amide bonds. The molecule has 3 N–H and O–H groups in total. The van der Waals surface area contributed by atoms with Crippen LogP contribution in [0.25, 0.3) is 0 Å². The lowest BCUT2D eigenvalue weighted by Gasteiger charge is -2.22. The summed E-state index contributed by atoms with van der Waals surface area (Å²) in [6.07, 6.45) is 3.44. The van der Waals surface area contributed by atoms with Gasteiger partial charge in [-0.05, 0) is 30.2 Å². The Kier molecular flexibility index (Phi) is 5.06. The SMILES string of the molecule is CC(C(=O)N[C@H](C)c1ccncc1)C(N)c1ccccc1. The van der Waals surface area contributed by atoms with Gasteiger partial charge >= 0.3 is 0 Å². The molecule has 4 nitrogen and oxygen atoms in total. The largest absolute Gasteiger partial charge is 0.349 e. The first-order chi connectivity index (χ1) is 10.1. The van der Waals surface area contributed by atoms with Crippen molar-refractivity contribution in [3.05, 3.63) is 66.0 Å². The van der Waals surface area contributed by atoms with Crippen LogP contribution in [0.5, 0.6) is 0 Å². The third-order valence-electron chi connectivity index (χ3n) is 3.70. The molecule has 2 unspecified atom stereocenters. The van der Waals surface area contributed by atoms with Crippen LogP contribution in [0.1, 0.15) is 37.1 Å². The Morgan fingerprint density at radius 2 is 1.67 bits per heavy atom. The Balaban J connectivity index is 2.00. The van der Waals surface area contributed by atoms with E-state index in [0.717, 1.165) is 11.1 Å². The monoisotopic (exact) mass is 283 g/mol. The number of amides is 1. The van der Waals surface area contributed by atoms with E-state index in [0.29, 0.717) is 0 Å². The number of nitrogens with two attached hydrogens (primary N) is 1. The van der Waals surface area contributed by atoms with Gasteiger partial charge in [-0.2, -0.15) is 0 Å². The lowest BCUT2D eigenvalue weighted by atomic mass is 9.94. The summed E-state index contributed by atoms with van der Waals surface area (Å²) in [5, 5.41) is 3.00. The lowest BCUT2D eigenvalue weighted by Crippen LogP contribution is -2.36. The summed E-state index contributed by atoms with van der Waals surface area (Å²) in [5.41, 5.74) is 8.18. The highest BCUT2D eigenvalue weighted by atomic mass is 16.1. The van der Waals surface area contributed by atoms with Crippen LogP contribution in [-0.2, 0) is 4.79 Å². The molecule has 0 aliphatic carbocycles. The van der Waals surface area contributed by atoms with Crippen LogP contribution in [0.15, 0.2) is 54.9 Å². The molecule has 1 aromatic heterocycles. The van der Waals surface area contributed by atoms with Crippen molar-refractivity contribution in [1.82, 2.24) is 10.3 Å². The van der Waals surface area contributed by atoms with Crippen molar-refractivity contribution in [2.45, 2.75) is 25.9 Å². The number of benzene rings is 1. The summed E-state index contributed by atoms with van der Waals surface area (Å²) in [4.78, 5) is 16.3. The normalized spacial score (nSPS) is 15.0. The van der Waals surface area contributed by atoms with Gasteiger partial charge in [-0.15, -0.1) is 0 Å². The molecule has 0 aliphatic rings. The number of carbonyl (C=O) groups excluding carboxylic acids is 1. The average molecular weight is 283 g/mol. The van der Waals surface area contributed by atoms with E-state index in [1.165, 1.54) is 0 Å². The van der Waals surface area contributed by atoms with Crippen molar-refractivity contribution in [2.75, 3.05) is 0 Å². The van der Waals surface area contributed by atoms with Crippen LogP contribution in [0, 0.1) is 5.92 Å². The predicted octanol–water partition coefficient (Wildman–Crippen LogP) is 2.59. The first kappa shape index (κ1) is 15.2. The molecular formula is C17H21N3O. The van der Waals surface area contributed by atoms with Gasteiger partial charge in [0, 0.05) is 18.4 Å². The van der Waals surface area contributed by atoms with Crippen LogP contribution in [0.3, 0.4) is 0 Å². The topological polar surface area (TPSA) is 68.0 Å². The molecule has 1 aromatic carbocycles. The lowest BCUT2D eigenvalue weighted by molar-refractivity contribution is -0.125. The van der Waals surface area contributed by atoms with E-state index in [4.69, 9.17) is 5.73 Å². The maximum atomic E-state index is 12.3. The molecule has 0 saturated carbocycles. The summed E-state index contributed by atoms with van der Waals surface area (Å²) in [7, 11) is 0. The van der Waals surface area contributed by atoms with Gasteiger partial charge in [0.1, 0.15) is 0 Å². The zero-order chi connectivity index (χ0) is 15.2. The Bertz CT molecular complexity index is 571. The van der Waals surface area contributed by atoms with Gasteiger partial charge in [-0.25, -0.2) is 0 Å². The number of carbonyl (C=O) groups is 1. The molecule has 2 rings (SSSR count). The summed E-state index contributed by atoms with van der Waals surface area (Å²) >= 11 is 0. The Labute approximate surface area is 125 Å². The minimum atomic E-state index is -0.309. The van der Waals surface area contributed by atoms with Crippen LogP contribution < -0.4 is 11.1 Å². The first-order valence-corrected chi connectivity index (χ1v) is 7.10. The maximum absolute atomic E-state index is 12.3. The second kappa shape index (κ2) is 6.99. The van der Waals surface area contributed by atoms with Crippen molar-refractivity contribution >= 4 is 5.91 Å². The van der Waals surface area contributed by atoms with E-state index in [1.54, 1.807) is 12.4 Å². The molecule has 0 radical (unpaired) electrons. The second-order valence-electron chi connectivity index (χ2n) is 5.24. The number of hydrogen-bond acceptors (Lipinski definition) is 3. The standard InChI is InChI=1S/C17H21N3O/c1-12(16(18)15-6-4-3-5-7-15)17(21)20-13(2)14-8-10-19-11-9-14/h3-13,16H,18H2,1-2H3,(H,20,21)/t12?,13-,16?/m1/s1. The number of nitrogens with one attached hydrogen (secondary N) is 1. The van der Waals surface area contributed by atoms with Gasteiger partial charge in [0.15, 0.2) is 0 Å². The molecule has 4 heteroatoms. The molecule has 0 spiro atoms. The van der Waals surface area contributed by atoms with Gasteiger partial charge in [0.05, 0.1) is 12.0 Å². The van der Waals surface area contributed by atoms with E-state index >= 15 is 0 Å². The van der Waals surface area contributed by atoms with Crippen molar-refractivity contribution in [2.24, 2.45) is 11.7 Å². The number of pyridine rings is 1. The van der Waals surface area contributed by atoms with Gasteiger partial charge in [0.25, 0.3) is 0 Å². The number of rotatable bonds is 5. The fourth-order valence-electron chi connectivity index (χ4n) is 2.21. The summed E-state index contributed by atoms with van der Waals surface area (Å²) < 4.78 is 0. The van der Waals surface area contributed by atoms with Gasteiger partial charge < -0.3 is 11.1 Å². The minimum absolute atomic E-state index is 0.0457. The fraction of sp³-hybridized carbons (Fsp3) is 0.294. The van der Waals surface area contributed by atoms with Crippen LogP contribution in [0.4, 0.5) is 0 Å². The van der Waals surface area contributed by atoms with Crippen molar-refractivity contribution < 1.29 is 4.79 Å². The summed E-state index contributed by atoms with van der Waals surface area (Å²) in [6.45, 7) is 3.81. The minimum Gasteiger partial charge on any atom is -0.349 e. The molecule has 3 atom stereocenters. The van der Waals surface area contributed by atoms with E-state index in [9.17, 15) is 4.79 Å². The first-order valence-electron chi connectivity index (χ1n) is 7.10. The van der Waals surface area contributed by atoms with Gasteiger partial charge in [-0.1, -0.05) is 37.3 Å². The molecule has 0 saturated heterocycles. The second-order valence-corrected chi connectivity index (χ2v) is 5.24. The van der Waals surface area contributed by atoms with Crippen molar-refractivity contribution in [3.8, 4) is 0 Å². The molecule has 2 aromatic rings. The van der Waals surface area contributed by atoms with Gasteiger partial charge in [0.2, 0.25) is 5.91 Å². The number of hydrogen-bond donors (Lipinski definition) is 2. The van der Waals surface area contributed by atoms with E-state index in [2.05, 4.69) is 10.3 Å². The molecule has 0 aliphatic heterocycles. The van der Waals surface area contributed by atoms with Crippen LogP contribution >= 0.6 is 0 Å². The third kappa shape index (κ3) is 3.89. The van der Waals surface area contributed by atoms with Gasteiger partial charge in [-0.3, -0.25) is 9.78 Å². The zero-order valence-electron chi connectivity index (χ0n) is 12.4. The summed E-state index contributed by atoms with van der Waals surface area (Å²) in [6, 6.07) is 13.1. The molecule has 1 heterocycles. The van der Waals surface area contributed by atoms with Crippen LogP contribution in [-0.4, -0.2) is 10.9 Å². The Morgan fingerprint density at radius 3 is 2.29 bits per heavy atom. The van der Waals surface area contributed by atoms with E-state index < -0.39 is 0 Å². The predicted molar refractivity (Wildman–Crippen MR) is 83.3 cm³/mol. The number of nitrogens with zero attached hydrogens (tertiary/aromatic N) is 1. The van der Waals surface area contributed by atoms with Crippen molar-refractivity contribution in [1.29, 1.82) is 0 Å². The molecule has 0 bridgehead atoms. The zero-order valence-corrected chi connectivity index (χ0v) is 12.4. The third-order valence-corrected chi connectivity index (χ3v) is 3.70. The Hall–Kier alpha value is -2.20. The smallest absolute Gasteiger partial charge is 0.225 e. The highest BCUT2D eigenvalue weighted by molar-refractivity contribution is 5.79. The maximum Gasteiger partial charge on any atom is 0.225 e. The fourth-order valence-corrected chi connectivity index (χ4v) is 2.21. The molecule has 0 fully saturated rings. The van der Waals surface area contributed by atoms with Crippen LogP contribution in [0.2, 0.25) is 0 Å². The van der Waals surface area contributed by atoms with Crippen molar-refractivity contribution in [3.63, 3.8) is 0 Å². The van der Waals surface area contributed by atoms with E-state index in [1.807, 2.05) is 56.3 Å². The molecule has 110 valence electrons. The summed E-state index contributed by atoms with van der Waals surface area (Å²) in [5.74, 6) is -0.340. The average Bonchev–Trinajstić information content (AvgIpc) is 2.55. The highest BCUT2D eigenvalue weighted by Crippen LogP contribution is 2.20. The molecule has 21 heavy (non-hydrogen) atoms. The van der Waals surface area contributed by atoms with E-state index in [-0.39, 0.29) is 23.9 Å². The quantitative estimate of drug-likeness (QED) is 0.886.